The molecular formula is C35H41N3O5. The van der Waals surface area contributed by atoms with E-state index in [0.29, 0.717) is 18.5 Å². The van der Waals surface area contributed by atoms with Gasteiger partial charge in [0.05, 0.1) is 23.8 Å². The van der Waals surface area contributed by atoms with Crippen molar-refractivity contribution >= 4 is 17.8 Å². The molecule has 1 aliphatic rings. The molecule has 226 valence electrons. The number of hydrogen-bond acceptors (Lipinski definition) is 5. The van der Waals surface area contributed by atoms with Crippen LogP contribution in [-0.2, 0) is 27.4 Å². The molecule has 1 aliphatic carbocycles. The Morgan fingerprint density at radius 2 is 1.47 bits per heavy atom. The highest BCUT2D eigenvalue weighted by atomic mass is 16.5. The van der Waals surface area contributed by atoms with E-state index in [2.05, 4.69) is 66.2 Å². The topological polar surface area (TPSA) is 117 Å². The maximum Gasteiger partial charge on any atom is 0.335 e. The molecule has 0 fully saturated rings. The Balaban J connectivity index is 1.51. The summed E-state index contributed by atoms with van der Waals surface area (Å²) in [6.07, 6.45) is 3.37. The first-order valence-corrected chi connectivity index (χ1v) is 14.9. The lowest BCUT2D eigenvalue weighted by Gasteiger charge is -2.39. The summed E-state index contributed by atoms with van der Waals surface area (Å²) >= 11 is 0. The zero-order valence-electron chi connectivity index (χ0n) is 25.0. The number of carbonyl (C=O) groups excluding carboxylic acids is 2. The van der Waals surface area contributed by atoms with E-state index in [1.54, 1.807) is 12.1 Å². The average Bonchev–Trinajstić information content (AvgIpc) is 3.02. The highest BCUT2D eigenvalue weighted by molar-refractivity contribution is 5.94. The summed E-state index contributed by atoms with van der Waals surface area (Å²) in [4.78, 5) is 36.8. The van der Waals surface area contributed by atoms with E-state index in [1.807, 2.05) is 24.3 Å². The number of carboxylic acid groups (broad SMARTS) is 1. The molecule has 2 amide bonds. The number of rotatable bonds is 13. The quantitative estimate of drug-likeness (QED) is 0.219. The van der Waals surface area contributed by atoms with Crippen LogP contribution in [-0.4, -0.2) is 47.2 Å². The van der Waals surface area contributed by atoms with Crippen molar-refractivity contribution in [2.45, 2.75) is 77.4 Å². The number of aromatic carboxylic acids is 1. The number of amides is 2. The van der Waals surface area contributed by atoms with Crippen LogP contribution in [0.3, 0.4) is 0 Å². The monoisotopic (exact) mass is 583 g/mol. The van der Waals surface area contributed by atoms with Gasteiger partial charge < -0.3 is 25.8 Å². The lowest BCUT2D eigenvalue weighted by Crippen LogP contribution is -2.58. The third-order valence-electron chi connectivity index (χ3n) is 7.80. The van der Waals surface area contributed by atoms with Crippen molar-refractivity contribution in [1.82, 2.24) is 16.0 Å². The fourth-order valence-corrected chi connectivity index (χ4v) is 5.33. The lowest BCUT2D eigenvalue weighted by molar-refractivity contribution is -0.121. The van der Waals surface area contributed by atoms with Gasteiger partial charge in [-0.1, -0.05) is 80.6 Å². The highest BCUT2D eigenvalue weighted by Crippen LogP contribution is 2.26. The second-order valence-corrected chi connectivity index (χ2v) is 10.9. The van der Waals surface area contributed by atoms with E-state index in [0.717, 1.165) is 35.1 Å². The number of nitrogens with one attached hydrogen (secondary N) is 3. The largest absolute Gasteiger partial charge is 0.478 e. The fraction of sp³-hybridized carbons (Fsp3) is 0.343. The molecule has 0 aromatic heterocycles. The first kappa shape index (κ1) is 31.7. The van der Waals surface area contributed by atoms with E-state index < -0.39 is 12.1 Å². The molecule has 4 N–H and O–H groups in total. The number of hydrogen-bond donors (Lipinski definition) is 4. The Morgan fingerprint density at radius 1 is 0.860 bits per heavy atom. The maximum absolute atomic E-state index is 13.4. The maximum atomic E-state index is 13.4. The Labute approximate surface area is 253 Å². The van der Waals surface area contributed by atoms with Gasteiger partial charge in [0.1, 0.15) is 0 Å². The van der Waals surface area contributed by atoms with E-state index in [-0.39, 0.29) is 42.1 Å². The predicted octanol–water partition coefficient (Wildman–Crippen LogP) is 5.24. The van der Waals surface area contributed by atoms with Crippen LogP contribution in [0.5, 0.6) is 0 Å². The Morgan fingerprint density at radius 3 is 2.07 bits per heavy atom. The van der Waals surface area contributed by atoms with Crippen molar-refractivity contribution in [3.8, 4) is 11.1 Å². The Bertz CT molecular complexity index is 1400. The van der Waals surface area contributed by atoms with Crippen molar-refractivity contribution in [2.75, 3.05) is 0 Å². The molecule has 8 nitrogen and oxygen atoms in total. The molecule has 0 radical (unpaired) electrons. The number of carboxylic acids is 1. The SMILES string of the molecule is CCC(CC)O[C@@H]1C=C(C(=O)NCc2ccc(C(=O)O)cc2)C[C@H](NCc2ccc(-c3ccccc3)cc2)[C@H]1NC(C)=O. The van der Waals surface area contributed by atoms with Gasteiger partial charge in [0.15, 0.2) is 0 Å². The molecule has 4 rings (SSSR count). The van der Waals surface area contributed by atoms with Crippen molar-refractivity contribution in [3.63, 3.8) is 0 Å². The molecule has 8 heteroatoms. The van der Waals surface area contributed by atoms with Crippen LogP contribution in [0, 0.1) is 0 Å². The van der Waals surface area contributed by atoms with Gasteiger partial charge in [-0.2, -0.15) is 0 Å². The van der Waals surface area contributed by atoms with Gasteiger partial charge in [0.2, 0.25) is 11.8 Å². The predicted molar refractivity (Wildman–Crippen MR) is 167 cm³/mol. The molecule has 0 spiro atoms. The zero-order chi connectivity index (χ0) is 30.8. The normalized spacial score (nSPS) is 18.1. The molecular weight excluding hydrogens is 542 g/mol. The van der Waals surface area contributed by atoms with Gasteiger partial charge in [-0.05, 0) is 59.7 Å². The van der Waals surface area contributed by atoms with Crippen LogP contribution in [0.1, 0.15) is 61.5 Å². The van der Waals surface area contributed by atoms with Crippen molar-refractivity contribution < 1.29 is 24.2 Å². The standard InChI is InChI=1S/C35H41N3O5/c1-4-30(5-2)43-32-20-29(34(40)37-22-25-13-17-28(18-14-25)35(41)42)19-31(33(32)38-23(3)39)36-21-24-11-15-27(16-12-24)26-9-7-6-8-10-26/h6-18,20,30-33,36H,4-5,19,21-22H2,1-3H3,(H,37,40)(H,38,39)(H,41,42)/t31-,32+,33+/m0/s1. The van der Waals surface area contributed by atoms with Crippen LogP contribution < -0.4 is 16.0 Å². The molecule has 3 aromatic rings. The zero-order valence-corrected chi connectivity index (χ0v) is 25.0. The summed E-state index contributed by atoms with van der Waals surface area (Å²) in [5, 5.41) is 18.8. The average molecular weight is 584 g/mol. The third kappa shape index (κ3) is 8.86. The molecule has 0 heterocycles. The Kier molecular flexibility index (Phi) is 11.2. The number of benzene rings is 3. The van der Waals surface area contributed by atoms with Crippen molar-refractivity contribution in [1.29, 1.82) is 0 Å². The summed E-state index contributed by atoms with van der Waals surface area (Å²) < 4.78 is 6.46. The molecule has 43 heavy (non-hydrogen) atoms. The molecule has 3 atom stereocenters. The van der Waals surface area contributed by atoms with E-state index >= 15 is 0 Å². The van der Waals surface area contributed by atoms with Gasteiger partial charge in [-0.3, -0.25) is 9.59 Å². The molecule has 0 saturated heterocycles. The molecule has 0 bridgehead atoms. The van der Waals surface area contributed by atoms with E-state index in [1.165, 1.54) is 19.1 Å². The van der Waals surface area contributed by atoms with Crippen LogP contribution in [0.25, 0.3) is 11.1 Å². The summed E-state index contributed by atoms with van der Waals surface area (Å²) in [7, 11) is 0. The van der Waals surface area contributed by atoms with Gasteiger partial charge in [-0.25, -0.2) is 4.79 Å². The first-order chi connectivity index (χ1) is 20.8. The summed E-state index contributed by atoms with van der Waals surface area (Å²) in [5.41, 5.74) is 4.94. The van der Waals surface area contributed by atoms with Crippen molar-refractivity contribution in [2.24, 2.45) is 0 Å². The summed E-state index contributed by atoms with van der Waals surface area (Å²) in [6, 6.07) is 24.4. The minimum atomic E-state index is -0.995. The summed E-state index contributed by atoms with van der Waals surface area (Å²) in [6.45, 7) is 6.43. The highest BCUT2D eigenvalue weighted by Gasteiger charge is 2.37. The van der Waals surface area contributed by atoms with Gasteiger partial charge in [0.25, 0.3) is 0 Å². The second kappa shape index (κ2) is 15.3. The third-order valence-corrected chi connectivity index (χ3v) is 7.80. The second-order valence-electron chi connectivity index (χ2n) is 10.9. The fourth-order valence-electron chi connectivity index (χ4n) is 5.33. The minimum Gasteiger partial charge on any atom is -0.478 e. The smallest absolute Gasteiger partial charge is 0.335 e. The van der Waals surface area contributed by atoms with Gasteiger partial charge >= 0.3 is 5.97 Å². The summed E-state index contributed by atoms with van der Waals surface area (Å²) in [5.74, 6) is -1.38. The lowest BCUT2D eigenvalue weighted by atomic mass is 9.86. The van der Waals surface area contributed by atoms with Crippen LogP contribution in [0.4, 0.5) is 0 Å². The van der Waals surface area contributed by atoms with Gasteiger partial charge in [-0.15, -0.1) is 0 Å². The van der Waals surface area contributed by atoms with Crippen molar-refractivity contribution in [3.05, 3.63) is 107 Å². The van der Waals surface area contributed by atoms with Gasteiger partial charge in [0, 0.05) is 31.6 Å². The molecule has 3 aromatic carbocycles. The first-order valence-electron chi connectivity index (χ1n) is 14.9. The minimum absolute atomic E-state index is 0.0150. The number of carbonyl (C=O) groups is 3. The van der Waals surface area contributed by atoms with Crippen LogP contribution in [0.2, 0.25) is 0 Å². The molecule has 0 aliphatic heterocycles. The Hall–Kier alpha value is -4.27. The van der Waals surface area contributed by atoms with Crippen LogP contribution in [0.15, 0.2) is 90.5 Å². The molecule has 0 saturated carbocycles. The molecule has 0 unspecified atom stereocenters. The van der Waals surface area contributed by atoms with Crippen LogP contribution >= 0.6 is 0 Å². The van der Waals surface area contributed by atoms with E-state index in [9.17, 15) is 14.4 Å². The van der Waals surface area contributed by atoms with E-state index in [4.69, 9.17) is 9.84 Å². The number of ether oxygens (including phenoxy) is 1.